The SMILES string of the molecule is CCCCn1c(=O)[nH]c(=O)c2c1nc(CSc1nc3cc(SC)ccc3o1)n2CC. The molecule has 0 radical (unpaired) electrons. The van der Waals surface area contributed by atoms with Crippen molar-refractivity contribution in [2.45, 2.75) is 55.6 Å². The maximum atomic E-state index is 12.5. The van der Waals surface area contributed by atoms with Gasteiger partial charge >= 0.3 is 5.69 Å². The quantitative estimate of drug-likeness (QED) is 0.411. The molecule has 4 aromatic rings. The molecule has 0 fully saturated rings. The first kappa shape index (κ1) is 20.8. The van der Waals surface area contributed by atoms with Crippen molar-refractivity contribution in [2.24, 2.45) is 0 Å². The van der Waals surface area contributed by atoms with Gasteiger partial charge in [-0.05, 0) is 37.8 Å². The molecule has 0 saturated carbocycles. The fraction of sp³-hybridized carbons (Fsp3) is 0.400. The van der Waals surface area contributed by atoms with Crippen molar-refractivity contribution in [3.63, 3.8) is 0 Å². The number of unbranched alkanes of at least 4 members (excludes halogenated alkanes) is 1. The van der Waals surface area contributed by atoms with E-state index >= 15 is 0 Å². The van der Waals surface area contributed by atoms with E-state index in [1.165, 1.54) is 11.8 Å². The van der Waals surface area contributed by atoms with Crippen LogP contribution in [0.4, 0.5) is 0 Å². The van der Waals surface area contributed by atoms with Gasteiger partial charge in [-0.3, -0.25) is 14.3 Å². The number of imidazole rings is 1. The molecule has 4 rings (SSSR count). The molecule has 0 amide bonds. The summed E-state index contributed by atoms with van der Waals surface area (Å²) in [5, 5.41) is 0.551. The molecule has 0 saturated heterocycles. The van der Waals surface area contributed by atoms with E-state index in [0.717, 1.165) is 28.8 Å². The van der Waals surface area contributed by atoms with E-state index in [0.29, 0.717) is 41.1 Å². The number of H-pyrrole nitrogens is 1. The third kappa shape index (κ3) is 3.81. The minimum absolute atomic E-state index is 0.403. The largest absolute Gasteiger partial charge is 0.431 e. The number of fused-ring (bicyclic) bond motifs is 2. The van der Waals surface area contributed by atoms with Crippen LogP contribution < -0.4 is 11.2 Å². The van der Waals surface area contributed by atoms with E-state index in [1.807, 2.05) is 35.9 Å². The molecule has 3 aromatic heterocycles. The molecule has 0 unspecified atom stereocenters. The van der Waals surface area contributed by atoms with Crippen LogP contribution in [-0.4, -0.2) is 30.3 Å². The first-order valence-corrected chi connectivity index (χ1v) is 12.1. The number of aromatic amines is 1. The Morgan fingerprint density at radius 1 is 1.17 bits per heavy atom. The van der Waals surface area contributed by atoms with Crippen molar-refractivity contribution >= 4 is 45.8 Å². The lowest BCUT2D eigenvalue weighted by Gasteiger charge is -2.06. The highest BCUT2D eigenvalue weighted by molar-refractivity contribution is 7.98. The summed E-state index contributed by atoms with van der Waals surface area (Å²) in [6.07, 6.45) is 3.80. The lowest BCUT2D eigenvalue weighted by Crippen LogP contribution is -2.31. The molecule has 1 N–H and O–H groups in total. The van der Waals surface area contributed by atoms with Gasteiger partial charge in [0.05, 0.1) is 5.75 Å². The Bertz CT molecular complexity index is 1320. The second-order valence-electron chi connectivity index (χ2n) is 6.81. The number of thioether (sulfide) groups is 2. The van der Waals surface area contributed by atoms with E-state index in [2.05, 4.69) is 21.9 Å². The van der Waals surface area contributed by atoms with Gasteiger partial charge in [-0.15, -0.1) is 11.8 Å². The number of aromatic nitrogens is 5. The van der Waals surface area contributed by atoms with E-state index < -0.39 is 11.2 Å². The van der Waals surface area contributed by atoms with Crippen molar-refractivity contribution < 1.29 is 4.42 Å². The van der Waals surface area contributed by atoms with Crippen molar-refractivity contribution in [1.82, 2.24) is 24.1 Å². The summed E-state index contributed by atoms with van der Waals surface area (Å²) in [4.78, 5) is 37.6. The van der Waals surface area contributed by atoms with Crippen molar-refractivity contribution in [2.75, 3.05) is 6.26 Å². The molecule has 30 heavy (non-hydrogen) atoms. The monoisotopic (exact) mass is 445 g/mol. The van der Waals surface area contributed by atoms with Crippen LogP contribution in [0.1, 0.15) is 32.5 Å². The van der Waals surface area contributed by atoms with Crippen LogP contribution in [0.25, 0.3) is 22.3 Å². The molecule has 158 valence electrons. The van der Waals surface area contributed by atoms with E-state index in [9.17, 15) is 9.59 Å². The third-order valence-electron chi connectivity index (χ3n) is 4.92. The summed E-state index contributed by atoms with van der Waals surface area (Å²) in [7, 11) is 0. The molecule has 0 aliphatic rings. The fourth-order valence-electron chi connectivity index (χ4n) is 3.39. The Kier molecular flexibility index (Phi) is 6.05. The average molecular weight is 446 g/mol. The van der Waals surface area contributed by atoms with Crippen LogP contribution in [0, 0.1) is 0 Å². The molecule has 0 bridgehead atoms. The first-order chi connectivity index (χ1) is 14.5. The van der Waals surface area contributed by atoms with Gasteiger partial charge in [0, 0.05) is 18.0 Å². The predicted octanol–water partition coefficient (Wildman–Crippen LogP) is 3.86. The number of benzene rings is 1. The van der Waals surface area contributed by atoms with Gasteiger partial charge in [0.1, 0.15) is 11.3 Å². The molecule has 0 aliphatic carbocycles. The maximum absolute atomic E-state index is 12.5. The van der Waals surface area contributed by atoms with Crippen LogP contribution in [0.15, 0.2) is 42.3 Å². The van der Waals surface area contributed by atoms with Gasteiger partial charge in [-0.1, -0.05) is 25.1 Å². The summed E-state index contributed by atoms with van der Waals surface area (Å²) in [6, 6.07) is 5.93. The van der Waals surface area contributed by atoms with Crippen LogP contribution >= 0.6 is 23.5 Å². The summed E-state index contributed by atoms with van der Waals surface area (Å²) < 4.78 is 9.26. The van der Waals surface area contributed by atoms with Gasteiger partial charge in [0.2, 0.25) is 0 Å². The molecular weight excluding hydrogens is 422 g/mol. The number of nitrogens with one attached hydrogen (secondary N) is 1. The Morgan fingerprint density at radius 3 is 2.73 bits per heavy atom. The average Bonchev–Trinajstić information content (AvgIpc) is 3.32. The number of nitrogens with zero attached hydrogens (tertiary/aromatic N) is 4. The predicted molar refractivity (Wildman–Crippen MR) is 121 cm³/mol. The molecule has 10 heteroatoms. The Hall–Kier alpha value is -2.46. The third-order valence-corrected chi connectivity index (χ3v) is 6.47. The standard InChI is InChI=1S/C20H23N5O3S2/c1-4-6-9-25-17-16(18(26)23-19(25)27)24(5-2)15(22-17)11-30-20-21-13-10-12(29-3)7-8-14(13)28-20/h7-8,10H,4-6,9,11H2,1-3H3,(H,23,26,27). The molecule has 3 heterocycles. The maximum Gasteiger partial charge on any atom is 0.330 e. The van der Waals surface area contributed by atoms with Crippen LogP contribution in [0.5, 0.6) is 0 Å². The van der Waals surface area contributed by atoms with E-state index in [-0.39, 0.29) is 0 Å². The summed E-state index contributed by atoms with van der Waals surface area (Å²) in [5.41, 5.74) is 1.62. The Balaban J connectivity index is 1.69. The zero-order valence-corrected chi connectivity index (χ0v) is 18.7. The van der Waals surface area contributed by atoms with Crippen LogP contribution in [0.3, 0.4) is 0 Å². The highest BCUT2D eigenvalue weighted by Crippen LogP contribution is 2.29. The van der Waals surface area contributed by atoms with Crippen LogP contribution in [-0.2, 0) is 18.8 Å². The Morgan fingerprint density at radius 2 is 2.00 bits per heavy atom. The molecule has 0 spiro atoms. The van der Waals surface area contributed by atoms with Crippen molar-refractivity contribution in [1.29, 1.82) is 0 Å². The Labute approximate surface area is 181 Å². The normalized spacial score (nSPS) is 11.7. The molecule has 0 atom stereocenters. The number of oxazole rings is 1. The van der Waals surface area contributed by atoms with Gasteiger partial charge in [-0.2, -0.15) is 0 Å². The molecule has 0 aliphatic heterocycles. The van der Waals surface area contributed by atoms with E-state index in [1.54, 1.807) is 16.3 Å². The molecular formula is C20H23N5O3S2. The minimum atomic E-state index is -0.413. The smallest absolute Gasteiger partial charge is 0.330 e. The summed E-state index contributed by atoms with van der Waals surface area (Å²) in [6.45, 7) is 5.12. The fourth-order valence-corrected chi connectivity index (χ4v) is 4.61. The lowest BCUT2D eigenvalue weighted by molar-refractivity contribution is 0.489. The first-order valence-electron chi connectivity index (χ1n) is 9.85. The zero-order chi connectivity index (χ0) is 21.3. The van der Waals surface area contributed by atoms with Gasteiger partial charge in [0.25, 0.3) is 10.8 Å². The number of rotatable bonds is 8. The number of hydrogen-bond acceptors (Lipinski definition) is 7. The molecule has 1 aromatic carbocycles. The minimum Gasteiger partial charge on any atom is -0.431 e. The number of aryl methyl sites for hydroxylation is 2. The van der Waals surface area contributed by atoms with Crippen LogP contribution in [0.2, 0.25) is 0 Å². The highest BCUT2D eigenvalue weighted by atomic mass is 32.2. The van der Waals surface area contributed by atoms with Gasteiger partial charge in [-0.25, -0.2) is 14.8 Å². The summed E-state index contributed by atoms with van der Waals surface area (Å²) >= 11 is 3.08. The summed E-state index contributed by atoms with van der Waals surface area (Å²) in [5.74, 6) is 1.19. The van der Waals surface area contributed by atoms with E-state index in [4.69, 9.17) is 4.42 Å². The number of hydrogen-bond donors (Lipinski definition) is 1. The van der Waals surface area contributed by atoms with Gasteiger partial charge < -0.3 is 8.98 Å². The second kappa shape index (κ2) is 8.73. The van der Waals surface area contributed by atoms with Crippen molar-refractivity contribution in [3.8, 4) is 0 Å². The van der Waals surface area contributed by atoms with Gasteiger partial charge in [0.15, 0.2) is 16.7 Å². The van der Waals surface area contributed by atoms with Crippen molar-refractivity contribution in [3.05, 3.63) is 44.9 Å². The zero-order valence-electron chi connectivity index (χ0n) is 17.1. The molecule has 8 nitrogen and oxygen atoms in total. The second-order valence-corrected chi connectivity index (χ2v) is 8.62. The lowest BCUT2D eigenvalue weighted by atomic mass is 10.3. The highest BCUT2D eigenvalue weighted by Gasteiger charge is 2.18. The topological polar surface area (TPSA) is 98.7 Å².